The summed E-state index contributed by atoms with van der Waals surface area (Å²) in [7, 11) is 0. The minimum atomic E-state index is 0.118. The van der Waals surface area contributed by atoms with Gasteiger partial charge in [-0.2, -0.15) is 0 Å². The summed E-state index contributed by atoms with van der Waals surface area (Å²) in [4.78, 5) is 5.04. The van der Waals surface area contributed by atoms with E-state index in [4.69, 9.17) is 4.99 Å². The van der Waals surface area contributed by atoms with Crippen LogP contribution in [0.25, 0.3) is 5.57 Å². The molecule has 0 aromatic heterocycles. The fourth-order valence-corrected chi connectivity index (χ4v) is 3.19. The second-order valence-corrected chi connectivity index (χ2v) is 7.15. The zero-order valence-electron chi connectivity index (χ0n) is 17.0. The number of hydrogen-bond donors (Lipinski definition) is 0. The van der Waals surface area contributed by atoms with Gasteiger partial charge in [0.2, 0.25) is 0 Å². The first-order valence-electron chi connectivity index (χ1n) is 9.92. The average Bonchev–Trinajstić information content (AvgIpc) is 2.77. The molecular formula is C28H27N. The SMILES string of the molecule is C=C(/C=C\C(=C)c1ccccc1)CC(C)N=C(c1ccccc1)c1ccccc1. The lowest BCUT2D eigenvalue weighted by atomic mass is 10.0. The zero-order valence-corrected chi connectivity index (χ0v) is 17.0. The zero-order chi connectivity index (χ0) is 20.5. The molecule has 0 bridgehead atoms. The van der Waals surface area contributed by atoms with E-state index < -0.39 is 0 Å². The van der Waals surface area contributed by atoms with E-state index in [1.807, 2.05) is 42.5 Å². The highest BCUT2D eigenvalue weighted by Crippen LogP contribution is 2.17. The minimum absolute atomic E-state index is 0.118. The van der Waals surface area contributed by atoms with Crippen LogP contribution < -0.4 is 0 Å². The fraction of sp³-hybridized carbons (Fsp3) is 0.107. The maximum Gasteiger partial charge on any atom is 0.0722 e. The lowest BCUT2D eigenvalue weighted by molar-refractivity contribution is 0.745. The Kier molecular flexibility index (Phi) is 7.13. The van der Waals surface area contributed by atoms with Crippen molar-refractivity contribution in [3.8, 4) is 0 Å². The number of rotatable bonds is 8. The van der Waals surface area contributed by atoms with E-state index in [0.717, 1.165) is 40.0 Å². The predicted octanol–water partition coefficient (Wildman–Crippen LogP) is 7.13. The Morgan fingerprint density at radius 3 is 1.66 bits per heavy atom. The summed E-state index contributed by atoms with van der Waals surface area (Å²) in [5, 5.41) is 0. The van der Waals surface area contributed by atoms with Gasteiger partial charge in [0.15, 0.2) is 0 Å². The Hall–Kier alpha value is -3.45. The third-order valence-electron chi connectivity index (χ3n) is 4.67. The van der Waals surface area contributed by atoms with Crippen molar-refractivity contribution < 1.29 is 0 Å². The molecule has 0 spiro atoms. The van der Waals surface area contributed by atoms with Crippen LogP contribution in [0.5, 0.6) is 0 Å². The van der Waals surface area contributed by atoms with Crippen molar-refractivity contribution in [1.29, 1.82) is 0 Å². The summed E-state index contributed by atoms with van der Waals surface area (Å²) in [6, 6.07) is 31.0. The summed E-state index contributed by atoms with van der Waals surface area (Å²) in [6.45, 7) is 10.5. The van der Waals surface area contributed by atoms with Gasteiger partial charge in [-0.3, -0.25) is 4.99 Å². The number of benzene rings is 3. The van der Waals surface area contributed by atoms with Crippen LogP contribution in [0, 0.1) is 0 Å². The second-order valence-electron chi connectivity index (χ2n) is 7.15. The van der Waals surface area contributed by atoms with Gasteiger partial charge in [-0.05, 0) is 24.5 Å². The van der Waals surface area contributed by atoms with Crippen molar-refractivity contribution in [2.24, 2.45) is 4.99 Å². The lowest BCUT2D eigenvalue weighted by Gasteiger charge is -2.12. The molecule has 0 fully saturated rings. The normalized spacial score (nSPS) is 11.8. The maximum atomic E-state index is 5.04. The molecule has 0 amide bonds. The lowest BCUT2D eigenvalue weighted by Crippen LogP contribution is -2.09. The summed E-state index contributed by atoms with van der Waals surface area (Å²) in [5.74, 6) is 0. The highest BCUT2D eigenvalue weighted by atomic mass is 14.8. The molecule has 0 N–H and O–H groups in total. The summed E-state index contributed by atoms with van der Waals surface area (Å²) in [5.41, 5.74) is 6.42. The first-order chi connectivity index (χ1) is 14.1. The van der Waals surface area contributed by atoms with E-state index >= 15 is 0 Å². The molecule has 3 aromatic carbocycles. The Morgan fingerprint density at radius 1 is 0.724 bits per heavy atom. The van der Waals surface area contributed by atoms with E-state index in [2.05, 4.69) is 80.7 Å². The van der Waals surface area contributed by atoms with Crippen LogP contribution in [-0.2, 0) is 0 Å². The molecule has 0 aliphatic rings. The topological polar surface area (TPSA) is 12.4 Å². The van der Waals surface area contributed by atoms with Crippen LogP contribution in [-0.4, -0.2) is 11.8 Å². The van der Waals surface area contributed by atoms with E-state index in [1.54, 1.807) is 0 Å². The van der Waals surface area contributed by atoms with Crippen molar-refractivity contribution in [3.63, 3.8) is 0 Å². The van der Waals surface area contributed by atoms with Crippen LogP contribution in [0.2, 0.25) is 0 Å². The molecule has 1 nitrogen and oxygen atoms in total. The minimum Gasteiger partial charge on any atom is -0.281 e. The van der Waals surface area contributed by atoms with Crippen LogP contribution >= 0.6 is 0 Å². The van der Waals surface area contributed by atoms with Gasteiger partial charge in [-0.25, -0.2) is 0 Å². The Morgan fingerprint density at radius 2 is 1.17 bits per heavy atom. The van der Waals surface area contributed by atoms with Crippen LogP contribution in [0.3, 0.4) is 0 Å². The van der Waals surface area contributed by atoms with E-state index in [9.17, 15) is 0 Å². The molecule has 0 saturated heterocycles. The van der Waals surface area contributed by atoms with Crippen molar-refractivity contribution in [2.45, 2.75) is 19.4 Å². The van der Waals surface area contributed by atoms with Gasteiger partial charge in [-0.1, -0.05) is 122 Å². The Bertz CT molecular complexity index is 954. The Balaban J connectivity index is 1.73. The standard InChI is InChI=1S/C28H27N/c1-22(19-20-23(2)25-13-7-4-8-14-25)21-24(3)29-28(26-15-9-5-10-16-26)27-17-11-6-12-18-27/h4-20,24H,1-2,21H2,3H3/b20-19-. The number of aliphatic imine (C=N–C) groups is 1. The highest BCUT2D eigenvalue weighted by Gasteiger charge is 2.09. The molecule has 3 rings (SSSR count). The highest BCUT2D eigenvalue weighted by molar-refractivity contribution is 6.12. The van der Waals surface area contributed by atoms with Crippen molar-refractivity contribution in [3.05, 3.63) is 139 Å². The van der Waals surface area contributed by atoms with Crippen molar-refractivity contribution >= 4 is 11.3 Å². The third kappa shape index (κ3) is 6.02. The molecule has 0 aliphatic carbocycles. The molecular weight excluding hydrogens is 350 g/mol. The van der Waals surface area contributed by atoms with Gasteiger partial charge in [0, 0.05) is 11.1 Å². The molecule has 0 saturated carbocycles. The molecule has 0 aliphatic heterocycles. The van der Waals surface area contributed by atoms with Gasteiger partial charge in [0.05, 0.1) is 11.8 Å². The van der Waals surface area contributed by atoms with Crippen LogP contribution in [0.1, 0.15) is 30.0 Å². The van der Waals surface area contributed by atoms with Gasteiger partial charge in [0.1, 0.15) is 0 Å². The van der Waals surface area contributed by atoms with Gasteiger partial charge in [-0.15, -0.1) is 0 Å². The molecule has 0 heterocycles. The molecule has 29 heavy (non-hydrogen) atoms. The van der Waals surface area contributed by atoms with E-state index in [1.165, 1.54) is 0 Å². The molecule has 3 aromatic rings. The van der Waals surface area contributed by atoms with Crippen molar-refractivity contribution in [1.82, 2.24) is 0 Å². The molecule has 1 atom stereocenters. The summed E-state index contributed by atoms with van der Waals surface area (Å²) >= 11 is 0. The van der Waals surface area contributed by atoms with E-state index in [-0.39, 0.29) is 6.04 Å². The predicted molar refractivity (Wildman–Crippen MR) is 126 cm³/mol. The number of hydrogen-bond acceptors (Lipinski definition) is 1. The molecule has 0 radical (unpaired) electrons. The first kappa shape index (κ1) is 20.3. The first-order valence-corrected chi connectivity index (χ1v) is 9.92. The third-order valence-corrected chi connectivity index (χ3v) is 4.67. The maximum absolute atomic E-state index is 5.04. The van der Waals surface area contributed by atoms with Gasteiger partial charge in [0.25, 0.3) is 0 Å². The van der Waals surface area contributed by atoms with Crippen LogP contribution in [0.15, 0.2) is 127 Å². The number of nitrogens with zero attached hydrogens (tertiary/aromatic N) is 1. The molecule has 1 heteroatoms. The second kappa shape index (κ2) is 10.2. The summed E-state index contributed by atoms with van der Waals surface area (Å²) < 4.78 is 0. The number of allylic oxidation sites excluding steroid dienone is 3. The van der Waals surface area contributed by atoms with Crippen molar-refractivity contribution in [2.75, 3.05) is 0 Å². The monoisotopic (exact) mass is 377 g/mol. The Labute approximate surface area is 174 Å². The van der Waals surface area contributed by atoms with Gasteiger partial charge < -0.3 is 0 Å². The van der Waals surface area contributed by atoms with E-state index in [0.29, 0.717) is 0 Å². The van der Waals surface area contributed by atoms with Crippen LogP contribution in [0.4, 0.5) is 0 Å². The fourth-order valence-electron chi connectivity index (χ4n) is 3.19. The molecule has 144 valence electrons. The average molecular weight is 378 g/mol. The smallest absolute Gasteiger partial charge is 0.0722 e. The largest absolute Gasteiger partial charge is 0.281 e. The van der Waals surface area contributed by atoms with Gasteiger partial charge >= 0.3 is 0 Å². The summed E-state index contributed by atoms with van der Waals surface area (Å²) in [6.07, 6.45) is 4.87. The molecule has 1 unspecified atom stereocenters. The quantitative estimate of drug-likeness (QED) is 0.292.